The smallest absolute Gasteiger partial charge is 0.0166 e. The molecule has 0 bridgehead atoms. The molecule has 0 amide bonds. The first kappa shape index (κ1) is 15.6. The fourth-order valence-corrected chi connectivity index (χ4v) is 2.82. The van der Waals surface area contributed by atoms with Crippen molar-refractivity contribution in [2.45, 2.75) is 0 Å². The Bertz CT molecular complexity index is 1000. The van der Waals surface area contributed by atoms with Gasteiger partial charge in [0.2, 0.25) is 0 Å². The number of aromatic nitrogens is 1. The minimum atomic E-state index is 0. The molecule has 0 aliphatic heterocycles. The average molecular weight is 473 g/mol. The summed E-state index contributed by atoms with van der Waals surface area (Å²) in [6.45, 7) is 3.81. The van der Waals surface area contributed by atoms with Crippen molar-refractivity contribution in [2.24, 2.45) is 0 Å². The summed E-state index contributed by atoms with van der Waals surface area (Å²) in [6, 6.07) is 24.3. The van der Waals surface area contributed by atoms with E-state index in [9.17, 15) is 0 Å². The molecule has 2 heteroatoms. The molecule has 3 aromatic carbocycles. The van der Waals surface area contributed by atoms with Gasteiger partial charge in [-0.25, -0.2) is 0 Å². The van der Waals surface area contributed by atoms with Crippen molar-refractivity contribution >= 4 is 27.6 Å². The first-order chi connectivity index (χ1) is 10.8. The number of benzene rings is 3. The molecule has 0 saturated heterocycles. The SMILES string of the molecule is C=Cc1ccnc(-c2[c-]cc3c(ccc4ccccc43)c2)c1.[Ir]. The third-order valence-corrected chi connectivity index (χ3v) is 3.97. The van der Waals surface area contributed by atoms with E-state index in [0.717, 1.165) is 16.8 Å². The van der Waals surface area contributed by atoms with Gasteiger partial charge in [0.1, 0.15) is 0 Å². The summed E-state index contributed by atoms with van der Waals surface area (Å²) in [5.74, 6) is 0. The maximum Gasteiger partial charge on any atom is 0.0166 e. The summed E-state index contributed by atoms with van der Waals surface area (Å²) in [7, 11) is 0. The van der Waals surface area contributed by atoms with E-state index >= 15 is 0 Å². The molecular weight excluding hydrogens is 458 g/mol. The summed E-state index contributed by atoms with van der Waals surface area (Å²) in [5.41, 5.74) is 3.00. The molecule has 0 N–H and O–H groups in total. The van der Waals surface area contributed by atoms with E-state index in [0.29, 0.717) is 0 Å². The topological polar surface area (TPSA) is 12.9 Å². The summed E-state index contributed by atoms with van der Waals surface area (Å²) >= 11 is 0. The second kappa shape index (κ2) is 6.45. The van der Waals surface area contributed by atoms with Crippen molar-refractivity contribution in [1.82, 2.24) is 4.98 Å². The molecule has 23 heavy (non-hydrogen) atoms. The fraction of sp³-hybridized carbons (Fsp3) is 0. The van der Waals surface area contributed by atoms with Gasteiger partial charge in [-0.1, -0.05) is 65.9 Å². The Morgan fingerprint density at radius 2 is 1.74 bits per heavy atom. The van der Waals surface area contributed by atoms with Crippen molar-refractivity contribution in [3.63, 3.8) is 0 Å². The standard InChI is InChI=1S/C21H14N.Ir/c1-2-15-11-12-22-21(13-15)18-9-10-20-17(14-18)8-7-16-5-3-4-6-19(16)20;/h2-8,10-14H,1H2;/q-1;. The molecule has 0 fully saturated rings. The van der Waals surface area contributed by atoms with Crippen LogP contribution in [0.4, 0.5) is 0 Å². The van der Waals surface area contributed by atoms with Gasteiger partial charge in [-0.3, -0.25) is 0 Å². The zero-order valence-corrected chi connectivity index (χ0v) is 14.8. The van der Waals surface area contributed by atoms with E-state index in [-0.39, 0.29) is 20.1 Å². The molecule has 1 radical (unpaired) electrons. The molecule has 4 rings (SSSR count). The summed E-state index contributed by atoms with van der Waals surface area (Å²) < 4.78 is 0. The maximum absolute atomic E-state index is 4.45. The van der Waals surface area contributed by atoms with Gasteiger partial charge < -0.3 is 4.98 Å². The molecule has 4 aromatic rings. The van der Waals surface area contributed by atoms with Gasteiger partial charge in [0.25, 0.3) is 0 Å². The van der Waals surface area contributed by atoms with E-state index in [2.05, 4.69) is 66.2 Å². The quantitative estimate of drug-likeness (QED) is 0.278. The molecule has 1 nitrogen and oxygen atoms in total. The number of fused-ring (bicyclic) bond motifs is 3. The van der Waals surface area contributed by atoms with Gasteiger partial charge in [-0.05, 0) is 22.7 Å². The summed E-state index contributed by atoms with van der Waals surface area (Å²) in [6.07, 6.45) is 3.64. The Kier molecular flexibility index (Phi) is 4.38. The van der Waals surface area contributed by atoms with Gasteiger partial charge in [0, 0.05) is 26.3 Å². The number of nitrogens with zero attached hydrogens (tertiary/aromatic N) is 1. The Labute approximate surface area is 149 Å². The zero-order chi connectivity index (χ0) is 14.9. The van der Waals surface area contributed by atoms with Gasteiger partial charge >= 0.3 is 0 Å². The molecule has 113 valence electrons. The largest absolute Gasteiger partial charge is 0.305 e. The molecule has 1 heterocycles. The fourth-order valence-electron chi connectivity index (χ4n) is 2.82. The molecular formula is C21H14IrN-. The average Bonchev–Trinajstić information content (AvgIpc) is 2.61. The van der Waals surface area contributed by atoms with Crippen LogP contribution in [0.25, 0.3) is 38.9 Å². The van der Waals surface area contributed by atoms with Crippen LogP contribution < -0.4 is 0 Å². The van der Waals surface area contributed by atoms with Crippen LogP contribution in [-0.2, 0) is 20.1 Å². The summed E-state index contributed by atoms with van der Waals surface area (Å²) in [5, 5.41) is 4.94. The van der Waals surface area contributed by atoms with Gasteiger partial charge in [-0.2, -0.15) is 0 Å². The van der Waals surface area contributed by atoms with Crippen LogP contribution in [0, 0.1) is 6.07 Å². The van der Waals surface area contributed by atoms with Crippen LogP contribution in [0.3, 0.4) is 0 Å². The molecule has 0 spiro atoms. The van der Waals surface area contributed by atoms with Crippen molar-refractivity contribution in [3.8, 4) is 11.3 Å². The van der Waals surface area contributed by atoms with Crippen LogP contribution in [0.5, 0.6) is 0 Å². The number of pyridine rings is 1. The van der Waals surface area contributed by atoms with Crippen molar-refractivity contribution in [2.75, 3.05) is 0 Å². The molecule has 0 aliphatic rings. The number of rotatable bonds is 2. The van der Waals surface area contributed by atoms with E-state index in [1.807, 2.05) is 24.4 Å². The van der Waals surface area contributed by atoms with Crippen LogP contribution in [0.2, 0.25) is 0 Å². The van der Waals surface area contributed by atoms with Crippen molar-refractivity contribution in [3.05, 3.63) is 85.1 Å². The van der Waals surface area contributed by atoms with Crippen LogP contribution >= 0.6 is 0 Å². The third-order valence-electron chi connectivity index (χ3n) is 3.97. The monoisotopic (exact) mass is 473 g/mol. The van der Waals surface area contributed by atoms with Crippen LogP contribution in [0.1, 0.15) is 5.56 Å². The van der Waals surface area contributed by atoms with Gasteiger partial charge in [-0.15, -0.1) is 29.1 Å². The Morgan fingerprint density at radius 1 is 0.913 bits per heavy atom. The minimum absolute atomic E-state index is 0. The van der Waals surface area contributed by atoms with Gasteiger partial charge in [0.05, 0.1) is 0 Å². The number of hydrogen-bond donors (Lipinski definition) is 0. The summed E-state index contributed by atoms with van der Waals surface area (Å²) in [4.78, 5) is 4.45. The minimum Gasteiger partial charge on any atom is -0.305 e. The predicted molar refractivity (Wildman–Crippen MR) is 93.6 cm³/mol. The van der Waals surface area contributed by atoms with Crippen molar-refractivity contribution in [1.29, 1.82) is 0 Å². The Balaban J connectivity index is 0.00000156. The predicted octanol–water partition coefficient (Wildman–Crippen LogP) is 5.50. The third kappa shape index (κ3) is 2.84. The van der Waals surface area contributed by atoms with Crippen LogP contribution in [-0.4, -0.2) is 4.98 Å². The second-order valence-corrected chi connectivity index (χ2v) is 5.31. The molecule has 1 aromatic heterocycles. The molecule has 0 aliphatic carbocycles. The van der Waals surface area contributed by atoms with Crippen LogP contribution in [0.15, 0.2) is 73.4 Å². The maximum atomic E-state index is 4.45. The number of hydrogen-bond acceptors (Lipinski definition) is 1. The van der Waals surface area contributed by atoms with E-state index in [4.69, 9.17) is 0 Å². The Morgan fingerprint density at radius 3 is 2.61 bits per heavy atom. The first-order valence-electron chi connectivity index (χ1n) is 7.27. The second-order valence-electron chi connectivity index (χ2n) is 5.31. The first-order valence-corrected chi connectivity index (χ1v) is 7.27. The van der Waals surface area contributed by atoms with E-state index in [1.54, 1.807) is 0 Å². The molecule has 0 atom stereocenters. The van der Waals surface area contributed by atoms with E-state index < -0.39 is 0 Å². The zero-order valence-electron chi connectivity index (χ0n) is 12.4. The van der Waals surface area contributed by atoms with E-state index in [1.165, 1.54) is 21.5 Å². The molecule has 0 saturated carbocycles. The van der Waals surface area contributed by atoms with Crippen molar-refractivity contribution < 1.29 is 20.1 Å². The van der Waals surface area contributed by atoms with Gasteiger partial charge in [0.15, 0.2) is 0 Å². The normalized spacial score (nSPS) is 10.4. The Hall–Kier alpha value is -2.28. The molecule has 0 unspecified atom stereocenters.